The summed E-state index contributed by atoms with van der Waals surface area (Å²) in [7, 11) is 3.27. The molecule has 1 rings (SSSR count). The van der Waals surface area contributed by atoms with Gasteiger partial charge in [-0.15, -0.1) is 12.4 Å². The molecule has 19 heavy (non-hydrogen) atoms. The third kappa shape index (κ3) is 6.22. The molecule has 0 unspecified atom stereocenters. The van der Waals surface area contributed by atoms with E-state index in [2.05, 4.69) is 5.32 Å². The van der Waals surface area contributed by atoms with Crippen LogP contribution >= 0.6 is 12.4 Å². The summed E-state index contributed by atoms with van der Waals surface area (Å²) in [6.07, 6.45) is 0.461. The summed E-state index contributed by atoms with van der Waals surface area (Å²) in [4.78, 5) is 24.4. The van der Waals surface area contributed by atoms with E-state index in [4.69, 9.17) is 5.73 Å². The van der Waals surface area contributed by atoms with E-state index in [0.717, 1.165) is 5.56 Å². The number of hydrogen-bond acceptors (Lipinski definition) is 3. The summed E-state index contributed by atoms with van der Waals surface area (Å²) >= 11 is 0. The van der Waals surface area contributed by atoms with E-state index in [-0.39, 0.29) is 30.8 Å². The van der Waals surface area contributed by atoms with Gasteiger partial charge in [0.15, 0.2) is 0 Å². The number of benzene rings is 1. The third-order valence-electron chi connectivity index (χ3n) is 2.55. The summed E-state index contributed by atoms with van der Waals surface area (Å²) < 4.78 is 0. The van der Waals surface area contributed by atoms with Crippen LogP contribution in [0.4, 0.5) is 0 Å². The van der Waals surface area contributed by atoms with Crippen LogP contribution in [0.5, 0.6) is 0 Å². The zero-order valence-corrected chi connectivity index (χ0v) is 11.9. The molecular weight excluding hydrogens is 266 g/mol. The second-order valence-electron chi connectivity index (χ2n) is 4.30. The highest BCUT2D eigenvalue weighted by Crippen LogP contribution is 2.01. The Bertz CT molecular complexity index is 410. The Morgan fingerprint density at radius 3 is 2.37 bits per heavy atom. The van der Waals surface area contributed by atoms with Crippen LogP contribution in [0.2, 0.25) is 0 Å². The van der Waals surface area contributed by atoms with Gasteiger partial charge < -0.3 is 16.0 Å². The van der Waals surface area contributed by atoms with Gasteiger partial charge in [-0.1, -0.05) is 30.3 Å². The van der Waals surface area contributed by atoms with Gasteiger partial charge in [-0.3, -0.25) is 9.59 Å². The predicted molar refractivity (Wildman–Crippen MR) is 77.1 cm³/mol. The van der Waals surface area contributed by atoms with E-state index >= 15 is 0 Å². The minimum Gasteiger partial charge on any atom is -0.347 e. The molecule has 0 aliphatic rings. The fourth-order valence-corrected chi connectivity index (χ4v) is 1.41. The lowest BCUT2D eigenvalue weighted by Gasteiger charge is -2.14. The van der Waals surface area contributed by atoms with Crippen molar-refractivity contribution < 1.29 is 9.59 Å². The van der Waals surface area contributed by atoms with Gasteiger partial charge >= 0.3 is 0 Å². The number of nitrogens with two attached hydrogens (primary N) is 1. The number of amides is 2. The highest BCUT2D eigenvalue weighted by molar-refractivity contribution is 5.87. The topological polar surface area (TPSA) is 75.4 Å². The fourth-order valence-electron chi connectivity index (χ4n) is 1.41. The van der Waals surface area contributed by atoms with Crippen LogP contribution in [-0.2, 0) is 16.0 Å². The molecule has 106 valence electrons. The lowest BCUT2D eigenvalue weighted by Crippen LogP contribution is -2.45. The zero-order chi connectivity index (χ0) is 13.5. The van der Waals surface area contributed by atoms with Gasteiger partial charge in [0.25, 0.3) is 0 Å². The summed E-state index contributed by atoms with van der Waals surface area (Å²) in [5, 5.41) is 2.53. The number of carbonyl (C=O) groups is 2. The SMILES string of the molecule is CN(C)C(=O)CNC(=O)[C@@H](N)Cc1ccccc1.Cl. The first-order valence-corrected chi connectivity index (χ1v) is 5.78. The minimum atomic E-state index is -0.637. The minimum absolute atomic E-state index is 0. The average Bonchev–Trinajstić information content (AvgIpc) is 2.36. The monoisotopic (exact) mass is 285 g/mol. The number of nitrogens with one attached hydrogen (secondary N) is 1. The van der Waals surface area contributed by atoms with Crippen LogP contribution in [-0.4, -0.2) is 43.4 Å². The number of hydrogen-bond donors (Lipinski definition) is 2. The molecule has 0 radical (unpaired) electrons. The first-order chi connectivity index (χ1) is 8.50. The Morgan fingerprint density at radius 1 is 1.26 bits per heavy atom. The van der Waals surface area contributed by atoms with Crippen LogP contribution in [0, 0.1) is 0 Å². The van der Waals surface area contributed by atoms with E-state index in [1.807, 2.05) is 30.3 Å². The van der Waals surface area contributed by atoms with Crippen LogP contribution in [0.3, 0.4) is 0 Å². The molecule has 3 N–H and O–H groups in total. The molecule has 5 nitrogen and oxygen atoms in total. The average molecular weight is 286 g/mol. The molecule has 0 bridgehead atoms. The van der Waals surface area contributed by atoms with Crippen molar-refractivity contribution in [1.29, 1.82) is 0 Å². The molecule has 0 saturated carbocycles. The quantitative estimate of drug-likeness (QED) is 0.810. The highest BCUT2D eigenvalue weighted by atomic mass is 35.5. The van der Waals surface area contributed by atoms with E-state index in [1.165, 1.54) is 4.90 Å². The van der Waals surface area contributed by atoms with Crippen molar-refractivity contribution in [2.24, 2.45) is 5.73 Å². The standard InChI is InChI=1S/C13H19N3O2.ClH/c1-16(2)12(17)9-15-13(18)11(14)8-10-6-4-3-5-7-10;/h3-7,11H,8-9,14H2,1-2H3,(H,15,18);1H/t11-;/m0./s1. The van der Waals surface area contributed by atoms with Gasteiger partial charge in [0.05, 0.1) is 12.6 Å². The van der Waals surface area contributed by atoms with E-state index in [9.17, 15) is 9.59 Å². The Labute approximate surface area is 119 Å². The largest absolute Gasteiger partial charge is 0.347 e. The van der Waals surface area contributed by atoms with Crippen molar-refractivity contribution in [1.82, 2.24) is 10.2 Å². The Kier molecular flexibility index (Phi) is 7.79. The van der Waals surface area contributed by atoms with Crippen LogP contribution in [0.1, 0.15) is 5.56 Å². The van der Waals surface area contributed by atoms with Crippen molar-refractivity contribution in [3.8, 4) is 0 Å². The zero-order valence-electron chi connectivity index (χ0n) is 11.1. The van der Waals surface area contributed by atoms with Crippen molar-refractivity contribution in [2.75, 3.05) is 20.6 Å². The van der Waals surface area contributed by atoms with Crippen LogP contribution in [0.25, 0.3) is 0 Å². The smallest absolute Gasteiger partial charge is 0.241 e. The van der Waals surface area contributed by atoms with Gasteiger partial charge in [0, 0.05) is 14.1 Å². The van der Waals surface area contributed by atoms with Crippen molar-refractivity contribution in [3.63, 3.8) is 0 Å². The number of likely N-dealkylation sites (N-methyl/N-ethyl adjacent to an activating group) is 1. The molecule has 1 aromatic rings. The van der Waals surface area contributed by atoms with Gasteiger partial charge in [-0.05, 0) is 12.0 Å². The van der Waals surface area contributed by atoms with Crippen molar-refractivity contribution in [3.05, 3.63) is 35.9 Å². The molecule has 2 amide bonds. The molecule has 0 aliphatic carbocycles. The first kappa shape index (κ1) is 17.4. The van der Waals surface area contributed by atoms with Crippen molar-refractivity contribution >= 4 is 24.2 Å². The Balaban J connectivity index is 0.00000324. The van der Waals surface area contributed by atoms with E-state index in [0.29, 0.717) is 6.42 Å². The maximum Gasteiger partial charge on any atom is 0.241 e. The number of halogens is 1. The Hall–Kier alpha value is -1.59. The van der Waals surface area contributed by atoms with E-state index in [1.54, 1.807) is 14.1 Å². The second-order valence-corrected chi connectivity index (χ2v) is 4.30. The van der Waals surface area contributed by atoms with Gasteiger partial charge in [0.2, 0.25) is 11.8 Å². The summed E-state index contributed by atoms with van der Waals surface area (Å²) in [6, 6.07) is 8.90. The summed E-state index contributed by atoms with van der Waals surface area (Å²) in [6.45, 7) is -0.0195. The predicted octanol–water partition coefficient (Wildman–Crippen LogP) is 0.183. The molecule has 6 heteroatoms. The van der Waals surface area contributed by atoms with E-state index < -0.39 is 6.04 Å². The third-order valence-corrected chi connectivity index (χ3v) is 2.55. The van der Waals surface area contributed by atoms with Crippen molar-refractivity contribution in [2.45, 2.75) is 12.5 Å². The molecule has 0 fully saturated rings. The maximum absolute atomic E-state index is 11.7. The molecule has 0 heterocycles. The molecule has 1 aromatic carbocycles. The molecule has 1 atom stereocenters. The molecule has 0 aromatic heterocycles. The lowest BCUT2D eigenvalue weighted by atomic mass is 10.1. The molecule has 0 aliphatic heterocycles. The first-order valence-electron chi connectivity index (χ1n) is 5.78. The maximum atomic E-state index is 11.7. The number of nitrogens with zero attached hydrogens (tertiary/aromatic N) is 1. The summed E-state index contributed by atoms with van der Waals surface area (Å²) in [5.41, 5.74) is 6.77. The highest BCUT2D eigenvalue weighted by Gasteiger charge is 2.15. The van der Waals surface area contributed by atoms with Gasteiger partial charge in [-0.2, -0.15) is 0 Å². The number of carbonyl (C=O) groups excluding carboxylic acids is 2. The molecular formula is C13H20ClN3O2. The fraction of sp³-hybridized carbons (Fsp3) is 0.385. The molecule has 0 saturated heterocycles. The summed E-state index contributed by atoms with van der Waals surface area (Å²) in [5.74, 6) is -0.468. The normalized spacial score (nSPS) is 11.1. The van der Waals surface area contributed by atoms with Gasteiger partial charge in [0.1, 0.15) is 0 Å². The molecule has 0 spiro atoms. The lowest BCUT2D eigenvalue weighted by molar-refractivity contribution is -0.131. The number of rotatable bonds is 5. The van der Waals surface area contributed by atoms with Crippen LogP contribution < -0.4 is 11.1 Å². The van der Waals surface area contributed by atoms with Crippen LogP contribution in [0.15, 0.2) is 30.3 Å². The second kappa shape index (κ2) is 8.50. The Morgan fingerprint density at radius 2 is 1.84 bits per heavy atom. The van der Waals surface area contributed by atoms with Gasteiger partial charge in [-0.25, -0.2) is 0 Å².